The maximum absolute atomic E-state index is 12.6. The Morgan fingerprint density at radius 1 is 1.23 bits per heavy atom. The van der Waals surface area contributed by atoms with Crippen molar-refractivity contribution < 1.29 is 9.32 Å². The smallest absolute Gasteiger partial charge is 0.276 e. The molecule has 3 aromatic rings. The Bertz CT molecular complexity index is 868. The Morgan fingerprint density at radius 3 is 3.00 bits per heavy atom. The van der Waals surface area contributed by atoms with Gasteiger partial charge in [-0.25, -0.2) is 9.97 Å². The van der Waals surface area contributed by atoms with Crippen LogP contribution in [0.1, 0.15) is 35.6 Å². The highest BCUT2D eigenvalue weighted by Crippen LogP contribution is 2.23. The molecular weight excluding hydrogens is 332 g/mol. The fraction of sp³-hybridized carbons (Fsp3) is 0.333. The first-order valence-electron chi connectivity index (χ1n) is 8.62. The van der Waals surface area contributed by atoms with Crippen molar-refractivity contribution in [1.29, 1.82) is 0 Å². The Labute approximate surface area is 150 Å². The number of hydrogen-bond donors (Lipinski definition) is 0. The summed E-state index contributed by atoms with van der Waals surface area (Å²) >= 11 is 0. The molecule has 132 valence electrons. The lowest BCUT2D eigenvalue weighted by Gasteiger charge is -2.23. The molecule has 1 aliphatic heterocycles. The molecule has 1 unspecified atom stereocenters. The van der Waals surface area contributed by atoms with E-state index in [2.05, 4.69) is 25.1 Å². The van der Waals surface area contributed by atoms with Crippen molar-refractivity contribution in [2.24, 2.45) is 0 Å². The largest absolute Gasteiger partial charge is 0.334 e. The Morgan fingerprint density at radius 2 is 2.19 bits per heavy atom. The van der Waals surface area contributed by atoms with Gasteiger partial charge >= 0.3 is 0 Å². The highest BCUT2D eigenvalue weighted by Gasteiger charge is 2.30. The minimum Gasteiger partial charge on any atom is -0.334 e. The van der Waals surface area contributed by atoms with E-state index in [9.17, 15) is 4.79 Å². The molecule has 8 nitrogen and oxygen atoms in total. The van der Waals surface area contributed by atoms with Gasteiger partial charge in [0.15, 0.2) is 5.82 Å². The maximum atomic E-state index is 12.6. The Hall–Kier alpha value is -3.16. The molecule has 0 saturated carbocycles. The van der Waals surface area contributed by atoms with E-state index in [0.29, 0.717) is 29.5 Å². The highest BCUT2D eigenvalue weighted by molar-refractivity contribution is 5.92. The second-order valence-corrected chi connectivity index (χ2v) is 6.16. The van der Waals surface area contributed by atoms with Crippen molar-refractivity contribution in [3.63, 3.8) is 0 Å². The van der Waals surface area contributed by atoms with Gasteiger partial charge in [0, 0.05) is 31.4 Å². The first-order valence-corrected chi connectivity index (χ1v) is 8.62. The number of nitrogens with zero attached hydrogens (tertiary/aromatic N) is 6. The molecule has 0 aromatic carbocycles. The number of carbonyl (C=O) groups is 1. The predicted octanol–water partition coefficient (Wildman–Crippen LogP) is 2.16. The van der Waals surface area contributed by atoms with Gasteiger partial charge in [-0.15, -0.1) is 0 Å². The summed E-state index contributed by atoms with van der Waals surface area (Å²) in [4.78, 5) is 31.1. The molecule has 4 rings (SSSR count). The summed E-state index contributed by atoms with van der Waals surface area (Å²) in [5.74, 6) is 1.00. The fourth-order valence-corrected chi connectivity index (χ4v) is 3.21. The molecule has 1 amide bonds. The van der Waals surface area contributed by atoms with Gasteiger partial charge in [0.1, 0.15) is 17.7 Å². The summed E-state index contributed by atoms with van der Waals surface area (Å²) in [7, 11) is 0. The third-order valence-electron chi connectivity index (χ3n) is 4.49. The lowest BCUT2D eigenvalue weighted by Crippen LogP contribution is -2.36. The molecule has 0 radical (unpaired) electrons. The molecule has 1 saturated heterocycles. The molecule has 0 aliphatic carbocycles. The molecule has 8 heteroatoms. The molecule has 3 aromatic heterocycles. The minimum absolute atomic E-state index is 0.0443. The van der Waals surface area contributed by atoms with Gasteiger partial charge in [0.2, 0.25) is 0 Å². The number of rotatable bonds is 5. The van der Waals surface area contributed by atoms with Crippen molar-refractivity contribution in [2.45, 2.75) is 31.7 Å². The Kier molecular flexibility index (Phi) is 4.63. The average Bonchev–Trinajstić information content (AvgIpc) is 3.36. The van der Waals surface area contributed by atoms with Crippen LogP contribution in [0.25, 0.3) is 11.6 Å². The first kappa shape index (κ1) is 16.3. The zero-order valence-corrected chi connectivity index (χ0v) is 14.2. The van der Waals surface area contributed by atoms with Gasteiger partial charge in [-0.05, 0) is 37.5 Å². The third-order valence-corrected chi connectivity index (χ3v) is 4.49. The van der Waals surface area contributed by atoms with Crippen molar-refractivity contribution in [3.05, 3.63) is 54.5 Å². The highest BCUT2D eigenvalue weighted by atomic mass is 16.5. The van der Waals surface area contributed by atoms with Crippen LogP contribution < -0.4 is 0 Å². The molecule has 0 N–H and O–H groups in total. The zero-order valence-electron chi connectivity index (χ0n) is 14.2. The van der Waals surface area contributed by atoms with Gasteiger partial charge in [0.05, 0.1) is 0 Å². The maximum Gasteiger partial charge on any atom is 0.276 e. The van der Waals surface area contributed by atoms with Gasteiger partial charge in [-0.1, -0.05) is 11.2 Å². The van der Waals surface area contributed by atoms with Gasteiger partial charge in [0.25, 0.3) is 11.8 Å². The summed E-state index contributed by atoms with van der Waals surface area (Å²) in [6.45, 7) is 0.749. The van der Waals surface area contributed by atoms with Crippen molar-refractivity contribution in [3.8, 4) is 11.6 Å². The molecule has 1 aliphatic rings. The van der Waals surface area contributed by atoms with Crippen LogP contribution in [0.4, 0.5) is 0 Å². The Balaban J connectivity index is 1.40. The van der Waals surface area contributed by atoms with E-state index in [-0.39, 0.29) is 11.9 Å². The van der Waals surface area contributed by atoms with E-state index >= 15 is 0 Å². The van der Waals surface area contributed by atoms with Crippen LogP contribution in [0.2, 0.25) is 0 Å². The zero-order chi connectivity index (χ0) is 17.8. The number of amides is 1. The lowest BCUT2D eigenvalue weighted by molar-refractivity contribution is 0.0724. The molecule has 26 heavy (non-hydrogen) atoms. The van der Waals surface area contributed by atoms with E-state index in [4.69, 9.17) is 4.52 Å². The number of carbonyl (C=O) groups excluding carboxylic acids is 1. The second-order valence-electron chi connectivity index (χ2n) is 6.16. The molecule has 0 bridgehead atoms. The second kappa shape index (κ2) is 7.38. The summed E-state index contributed by atoms with van der Waals surface area (Å²) in [6, 6.07) is 7.35. The van der Waals surface area contributed by atoms with Gasteiger partial charge in [-0.2, -0.15) is 4.98 Å². The minimum atomic E-state index is -0.0443. The third kappa shape index (κ3) is 3.44. The fourth-order valence-electron chi connectivity index (χ4n) is 3.21. The lowest BCUT2D eigenvalue weighted by atomic mass is 10.1. The van der Waals surface area contributed by atoms with E-state index in [1.54, 1.807) is 18.5 Å². The van der Waals surface area contributed by atoms with Crippen LogP contribution >= 0.6 is 0 Å². The molecule has 0 spiro atoms. The SMILES string of the molecule is O=C(c1ccncn1)N1CCCC1CCc1noc(-c2ccccn2)n1. The van der Waals surface area contributed by atoms with Crippen LogP contribution in [0, 0.1) is 0 Å². The monoisotopic (exact) mass is 350 g/mol. The number of aromatic nitrogens is 5. The van der Waals surface area contributed by atoms with Crippen LogP contribution in [0.15, 0.2) is 47.5 Å². The van der Waals surface area contributed by atoms with E-state index in [1.807, 2.05) is 23.1 Å². The molecule has 1 atom stereocenters. The van der Waals surface area contributed by atoms with Crippen molar-refractivity contribution in [1.82, 2.24) is 30.0 Å². The van der Waals surface area contributed by atoms with Crippen molar-refractivity contribution >= 4 is 5.91 Å². The number of hydrogen-bond acceptors (Lipinski definition) is 7. The molecule has 4 heterocycles. The summed E-state index contributed by atoms with van der Waals surface area (Å²) in [5.41, 5.74) is 1.09. The normalized spacial score (nSPS) is 16.8. The first-order chi connectivity index (χ1) is 12.8. The van der Waals surface area contributed by atoms with E-state index in [0.717, 1.165) is 25.8 Å². The van der Waals surface area contributed by atoms with Gasteiger partial charge < -0.3 is 9.42 Å². The van der Waals surface area contributed by atoms with Crippen LogP contribution in [0.5, 0.6) is 0 Å². The standard InChI is InChI=1S/C18H18N6O2/c25-18(15-8-10-19-12-21-15)24-11-3-4-13(24)6-7-16-22-17(26-23-16)14-5-1-2-9-20-14/h1-2,5,8-10,12-13H,3-4,6-7,11H2. The van der Waals surface area contributed by atoms with Crippen LogP contribution in [-0.4, -0.2) is 48.5 Å². The van der Waals surface area contributed by atoms with E-state index < -0.39 is 0 Å². The van der Waals surface area contributed by atoms with Crippen LogP contribution in [-0.2, 0) is 6.42 Å². The quantitative estimate of drug-likeness (QED) is 0.695. The summed E-state index contributed by atoms with van der Waals surface area (Å²) in [5, 5.41) is 4.03. The number of pyridine rings is 1. The topological polar surface area (TPSA) is 97.9 Å². The average molecular weight is 350 g/mol. The molecular formula is C18H18N6O2. The van der Waals surface area contributed by atoms with Gasteiger partial charge in [-0.3, -0.25) is 9.78 Å². The summed E-state index contributed by atoms with van der Waals surface area (Å²) < 4.78 is 5.29. The number of aryl methyl sites for hydroxylation is 1. The van der Waals surface area contributed by atoms with Crippen molar-refractivity contribution in [2.75, 3.05) is 6.54 Å². The predicted molar refractivity (Wildman–Crippen MR) is 91.9 cm³/mol. The molecule has 1 fully saturated rings. The van der Waals surface area contributed by atoms with E-state index in [1.165, 1.54) is 6.33 Å². The summed E-state index contributed by atoms with van der Waals surface area (Å²) in [6.07, 6.45) is 8.08. The number of likely N-dealkylation sites (tertiary alicyclic amines) is 1. The van der Waals surface area contributed by atoms with Crippen LogP contribution in [0.3, 0.4) is 0 Å².